The van der Waals surface area contributed by atoms with Crippen LogP contribution in [0, 0.1) is 5.41 Å². The van der Waals surface area contributed by atoms with Gasteiger partial charge in [-0.2, -0.15) is 0 Å². The lowest BCUT2D eigenvalue weighted by atomic mass is 9.75. The Morgan fingerprint density at radius 3 is 2.55 bits per heavy atom. The molecule has 1 saturated carbocycles. The first-order valence-electron chi connectivity index (χ1n) is 8.45. The van der Waals surface area contributed by atoms with Gasteiger partial charge in [-0.25, -0.2) is 4.99 Å². The van der Waals surface area contributed by atoms with Crippen molar-refractivity contribution in [1.82, 2.24) is 0 Å². The molecular formula is C18H27N3O. The fourth-order valence-corrected chi connectivity index (χ4v) is 3.48. The van der Waals surface area contributed by atoms with E-state index in [2.05, 4.69) is 30.0 Å². The number of rotatable bonds is 3. The van der Waals surface area contributed by atoms with E-state index < -0.39 is 0 Å². The number of benzene rings is 1. The Balaban J connectivity index is 1.86. The van der Waals surface area contributed by atoms with E-state index in [4.69, 9.17) is 15.5 Å². The average molecular weight is 301 g/mol. The van der Waals surface area contributed by atoms with Crippen LogP contribution < -0.4 is 10.6 Å². The first-order valence-corrected chi connectivity index (χ1v) is 8.45. The van der Waals surface area contributed by atoms with Crippen molar-refractivity contribution < 1.29 is 4.74 Å². The number of nitrogens with zero attached hydrogens (tertiary/aromatic N) is 2. The van der Waals surface area contributed by atoms with Gasteiger partial charge in [-0.05, 0) is 25.0 Å². The van der Waals surface area contributed by atoms with Crippen LogP contribution in [0.3, 0.4) is 0 Å². The molecule has 0 aromatic heterocycles. The minimum Gasteiger partial charge on any atom is -0.387 e. The second kappa shape index (κ2) is 6.69. The van der Waals surface area contributed by atoms with E-state index in [0.29, 0.717) is 0 Å². The molecule has 0 amide bonds. The molecule has 1 aromatic rings. The summed E-state index contributed by atoms with van der Waals surface area (Å²) in [6.45, 7) is 5.67. The zero-order valence-electron chi connectivity index (χ0n) is 13.6. The van der Waals surface area contributed by atoms with Crippen molar-refractivity contribution >= 4 is 17.2 Å². The Hall–Kier alpha value is -1.55. The topological polar surface area (TPSA) is 50.8 Å². The predicted molar refractivity (Wildman–Crippen MR) is 91.9 cm³/mol. The Morgan fingerprint density at radius 1 is 1.14 bits per heavy atom. The third-order valence-electron chi connectivity index (χ3n) is 5.05. The van der Waals surface area contributed by atoms with Crippen molar-refractivity contribution in [1.29, 1.82) is 0 Å². The van der Waals surface area contributed by atoms with Crippen LogP contribution in [0.1, 0.15) is 39.0 Å². The van der Waals surface area contributed by atoms with Crippen LogP contribution in [0.4, 0.5) is 11.4 Å². The van der Waals surface area contributed by atoms with E-state index in [-0.39, 0.29) is 5.41 Å². The predicted octanol–water partition coefficient (Wildman–Crippen LogP) is 3.48. The highest BCUT2D eigenvalue weighted by Gasteiger charge is 2.31. The highest BCUT2D eigenvalue weighted by atomic mass is 16.5. The normalized spacial score (nSPS) is 22.6. The van der Waals surface area contributed by atoms with Crippen molar-refractivity contribution in [2.75, 3.05) is 31.2 Å². The molecule has 0 atom stereocenters. The molecule has 4 heteroatoms. The number of para-hydroxylation sites is 2. The van der Waals surface area contributed by atoms with Gasteiger partial charge in [0, 0.05) is 18.5 Å². The molecule has 4 nitrogen and oxygen atoms in total. The summed E-state index contributed by atoms with van der Waals surface area (Å²) >= 11 is 0. The summed E-state index contributed by atoms with van der Waals surface area (Å²) in [7, 11) is 0. The van der Waals surface area contributed by atoms with Gasteiger partial charge in [0.2, 0.25) is 0 Å². The molecule has 2 aliphatic rings. The number of hydrogen-bond acceptors (Lipinski definition) is 3. The summed E-state index contributed by atoms with van der Waals surface area (Å²) < 4.78 is 5.45. The van der Waals surface area contributed by atoms with Crippen LogP contribution >= 0.6 is 0 Å². The van der Waals surface area contributed by atoms with Gasteiger partial charge in [0.1, 0.15) is 5.84 Å². The van der Waals surface area contributed by atoms with E-state index in [0.717, 1.165) is 50.7 Å². The van der Waals surface area contributed by atoms with Crippen LogP contribution in [0.15, 0.2) is 29.3 Å². The van der Waals surface area contributed by atoms with Gasteiger partial charge < -0.3 is 15.4 Å². The standard InChI is InChI=1S/C18H27N3O/c1-18(9-5-2-6-10-18)17(19)20-15-7-3-4-8-16(15)21-11-13-22-14-12-21/h3-4,7-8H,2,5-6,9-14H2,1H3,(H2,19,20). The maximum atomic E-state index is 6.42. The number of hydrogen-bond donors (Lipinski definition) is 1. The summed E-state index contributed by atoms with van der Waals surface area (Å²) in [4.78, 5) is 7.19. The van der Waals surface area contributed by atoms with Crippen LogP contribution in [0.25, 0.3) is 0 Å². The molecule has 22 heavy (non-hydrogen) atoms. The molecule has 1 aliphatic carbocycles. The molecule has 1 aromatic carbocycles. The lowest BCUT2D eigenvalue weighted by Crippen LogP contribution is -2.37. The molecule has 1 saturated heterocycles. The Morgan fingerprint density at radius 2 is 1.82 bits per heavy atom. The molecule has 120 valence electrons. The third kappa shape index (κ3) is 3.27. The first-order chi connectivity index (χ1) is 10.7. The zero-order valence-corrected chi connectivity index (χ0v) is 13.6. The zero-order chi connectivity index (χ0) is 15.4. The smallest absolute Gasteiger partial charge is 0.106 e. The van der Waals surface area contributed by atoms with E-state index in [9.17, 15) is 0 Å². The highest BCUT2D eigenvalue weighted by Crippen LogP contribution is 2.38. The largest absolute Gasteiger partial charge is 0.387 e. The molecule has 2 fully saturated rings. The van der Waals surface area contributed by atoms with Gasteiger partial charge >= 0.3 is 0 Å². The Kier molecular flexibility index (Phi) is 4.67. The number of anilines is 1. The molecule has 0 bridgehead atoms. The molecule has 0 spiro atoms. The molecule has 0 unspecified atom stereocenters. The monoisotopic (exact) mass is 301 g/mol. The third-order valence-corrected chi connectivity index (χ3v) is 5.05. The Bertz CT molecular complexity index is 529. The van der Waals surface area contributed by atoms with Gasteiger partial charge in [0.05, 0.1) is 24.6 Å². The fourth-order valence-electron chi connectivity index (χ4n) is 3.48. The van der Waals surface area contributed by atoms with Crippen LogP contribution in [-0.4, -0.2) is 32.1 Å². The van der Waals surface area contributed by atoms with E-state index in [1.807, 2.05) is 6.07 Å². The summed E-state index contributed by atoms with van der Waals surface area (Å²) in [5, 5.41) is 0. The van der Waals surface area contributed by atoms with Crippen LogP contribution in [0.5, 0.6) is 0 Å². The molecule has 0 radical (unpaired) electrons. The van der Waals surface area contributed by atoms with Crippen LogP contribution in [-0.2, 0) is 4.74 Å². The highest BCUT2D eigenvalue weighted by molar-refractivity contribution is 5.90. The molecule has 1 aliphatic heterocycles. The van der Waals surface area contributed by atoms with E-state index in [1.165, 1.54) is 24.9 Å². The Labute approximate surface area is 133 Å². The minimum atomic E-state index is 0.0658. The maximum absolute atomic E-state index is 6.42. The van der Waals surface area contributed by atoms with E-state index >= 15 is 0 Å². The quantitative estimate of drug-likeness (QED) is 0.687. The summed E-state index contributed by atoms with van der Waals surface area (Å²) in [5.41, 5.74) is 8.65. The minimum absolute atomic E-state index is 0.0658. The van der Waals surface area contributed by atoms with Gasteiger partial charge in [0.15, 0.2) is 0 Å². The summed E-state index contributed by atoms with van der Waals surface area (Å²) in [6.07, 6.45) is 6.16. The SMILES string of the molecule is CC1(C(N)=Nc2ccccc2N2CCOCC2)CCCCC1. The molecule has 2 N–H and O–H groups in total. The van der Waals surface area contributed by atoms with Crippen molar-refractivity contribution in [2.45, 2.75) is 39.0 Å². The molecular weight excluding hydrogens is 274 g/mol. The van der Waals surface area contributed by atoms with Crippen molar-refractivity contribution in [3.05, 3.63) is 24.3 Å². The number of aliphatic imine (C=N–C) groups is 1. The van der Waals surface area contributed by atoms with Crippen molar-refractivity contribution in [3.63, 3.8) is 0 Å². The molecule has 1 heterocycles. The van der Waals surface area contributed by atoms with Crippen LogP contribution in [0.2, 0.25) is 0 Å². The van der Waals surface area contributed by atoms with Crippen molar-refractivity contribution in [2.24, 2.45) is 16.1 Å². The second-order valence-corrected chi connectivity index (χ2v) is 6.71. The average Bonchev–Trinajstić information content (AvgIpc) is 2.57. The number of morpholine rings is 1. The van der Waals surface area contributed by atoms with Crippen molar-refractivity contribution in [3.8, 4) is 0 Å². The number of amidine groups is 1. The lowest BCUT2D eigenvalue weighted by molar-refractivity contribution is 0.123. The second-order valence-electron chi connectivity index (χ2n) is 6.71. The lowest BCUT2D eigenvalue weighted by Gasteiger charge is -2.33. The maximum Gasteiger partial charge on any atom is 0.106 e. The van der Waals surface area contributed by atoms with Gasteiger partial charge in [-0.1, -0.05) is 38.3 Å². The fraction of sp³-hybridized carbons (Fsp3) is 0.611. The molecule has 3 rings (SSSR count). The van der Waals surface area contributed by atoms with E-state index in [1.54, 1.807) is 0 Å². The summed E-state index contributed by atoms with van der Waals surface area (Å²) in [5.74, 6) is 0.799. The van der Waals surface area contributed by atoms with Gasteiger partial charge in [-0.15, -0.1) is 0 Å². The number of ether oxygens (including phenoxy) is 1. The van der Waals surface area contributed by atoms with Gasteiger partial charge in [0.25, 0.3) is 0 Å². The van der Waals surface area contributed by atoms with Gasteiger partial charge in [-0.3, -0.25) is 0 Å². The number of nitrogens with two attached hydrogens (primary N) is 1. The first kappa shape index (κ1) is 15.3. The summed E-state index contributed by atoms with van der Waals surface area (Å²) in [6, 6.07) is 8.33.